The standard InChI is InChI=1S/C18H18N4/c1-2-3-4-18-21-16-9-10-20-12-17(16)22(18)13-15-7-5-14(11-19)6-8-15/h5-10,12H,2-4,13H2,1H3. The number of hydrogen-bond acceptors (Lipinski definition) is 3. The second-order valence-electron chi connectivity index (χ2n) is 5.39. The monoisotopic (exact) mass is 290 g/mol. The molecule has 4 heteroatoms. The van der Waals surface area contributed by atoms with E-state index >= 15 is 0 Å². The average molecular weight is 290 g/mol. The molecule has 1 aromatic carbocycles. The van der Waals surface area contributed by atoms with Crippen molar-refractivity contribution in [3.8, 4) is 6.07 Å². The van der Waals surface area contributed by atoms with E-state index in [2.05, 4.69) is 22.5 Å². The first-order valence-corrected chi connectivity index (χ1v) is 7.60. The largest absolute Gasteiger partial charge is 0.322 e. The number of nitriles is 1. The van der Waals surface area contributed by atoms with Gasteiger partial charge < -0.3 is 4.57 Å². The quantitative estimate of drug-likeness (QED) is 0.720. The lowest BCUT2D eigenvalue weighted by Crippen LogP contribution is -2.05. The van der Waals surface area contributed by atoms with Gasteiger partial charge in [-0.25, -0.2) is 4.98 Å². The molecule has 0 saturated heterocycles. The molecule has 0 saturated carbocycles. The van der Waals surface area contributed by atoms with E-state index in [1.807, 2.05) is 36.5 Å². The highest BCUT2D eigenvalue weighted by atomic mass is 15.1. The van der Waals surface area contributed by atoms with Crippen molar-refractivity contribution in [1.29, 1.82) is 5.26 Å². The molecule has 0 atom stereocenters. The van der Waals surface area contributed by atoms with Crippen molar-refractivity contribution in [2.24, 2.45) is 0 Å². The second-order valence-corrected chi connectivity index (χ2v) is 5.39. The predicted molar refractivity (Wildman–Crippen MR) is 86.4 cm³/mol. The molecule has 0 aliphatic rings. The SMILES string of the molecule is CCCCc1nc2ccncc2n1Cc1ccc(C#N)cc1. The Hall–Kier alpha value is -2.67. The third-order valence-corrected chi connectivity index (χ3v) is 3.81. The number of hydrogen-bond donors (Lipinski definition) is 0. The highest BCUT2D eigenvalue weighted by Gasteiger charge is 2.10. The molecule has 2 aromatic heterocycles. The van der Waals surface area contributed by atoms with Crippen LogP contribution < -0.4 is 0 Å². The molecule has 0 amide bonds. The number of aryl methyl sites for hydroxylation is 1. The molecule has 0 bridgehead atoms. The summed E-state index contributed by atoms with van der Waals surface area (Å²) in [6.07, 6.45) is 6.91. The van der Waals surface area contributed by atoms with Gasteiger partial charge >= 0.3 is 0 Å². The van der Waals surface area contributed by atoms with Crippen molar-refractivity contribution >= 4 is 11.0 Å². The maximum absolute atomic E-state index is 8.89. The van der Waals surface area contributed by atoms with Crippen LogP contribution in [-0.4, -0.2) is 14.5 Å². The Balaban J connectivity index is 1.98. The summed E-state index contributed by atoms with van der Waals surface area (Å²) in [6, 6.07) is 11.8. The lowest BCUT2D eigenvalue weighted by atomic mass is 10.1. The van der Waals surface area contributed by atoms with E-state index in [0.29, 0.717) is 5.56 Å². The molecule has 3 aromatic rings. The van der Waals surface area contributed by atoms with Crippen LogP contribution in [-0.2, 0) is 13.0 Å². The van der Waals surface area contributed by atoms with Gasteiger partial charge in [0.1, 0.15) is 5.82 Å². The van der Waals surface area contributed by atoms with E-state index in [0.717, 1.165) is 42.7 Å². The Bertz CT molecular complexity index is 809. The molecule has 0 N–H and O–H groups in total. The van der Waals surface area contributed by atoms with E-state index in [-0.39, 0.29) is 0 Å². The minimum Gasteiger partial charge on any atom is -0.322 e. The predicted octanol–water partition coefficient (Wildman–Crippen LogP) is 3.69. The lowest BCUT2D eigenvalue weighted by Gasteiger charge is -2.09. The smallest absolute Gasteiger partial charge is 0.110 e. The summed E-state index contributed by atoms with van der Waals surface area (Å²) in [4.78, 5) is 8.98. The van der Waals surface area contributed by atoms with Crippen LogP contribution in [0.4, 0.5) is 0 Å². The molecule has 0 aliphatic heterocycles. The summed E-state index contributed by atoms with van der Waals surface area (Å²) in [7, 11) is 0. The molecule has 0 spiro atoms. The van der Waals surface area contributed by atoms with Crippen LogP contribution >= 0.6 is 0 Å². The van der Waals surface area contributed by atoms with Gasteiger partial charge in [-0.15, -0.1) is 0 Å². The van der Waals surface area contributed by atoms with E-state index in [4.69, 9.17) is 10.2 Å². The molecule has 110 valence electrons. The van der Waals surface area contributed by atoms with Crippen molar-refractivity contribution < 1.29 is 0 Å². The van der Waals surface area contributed by atoms with Crippen molar-refractivity contribution in [2.75, 3.05) is 0 Å². The minimum atomic E-state index is 0.687. The van der Waals surface area contributed by atoms with Crippen LogP contribution in [0.1, 0.15) is 36.7 Å². The fourth-order valence-corrected chi connectivity index (χ4v) is 2.59. The summed E-state index contributed by atoms with van der Waals surface area (Å²) in [6.45, 7) is 2.95. The molecule has 0 fully saturated rings. The van der Waals surface area contributed by atoms with Gasteiger partial charge in [0, 0.05) is 19.2 Å². The Kier molecular flexibility index (Phi) is 4.15. The summed E-state index contributed by atoms with van der Waals surface area (Å²) < 4.78 is 2.24. The number of pyridine rings is 1. The highest BCUT2D eigenvalue weighted by Crippen LogP contribution is 2.18. The molecule has 2 heterocycles. The van der Waals surface area contributed by atoms with Crippen molar-refractivity contribution in [1.82, 2.24) is 14.5 Å². The molecule has 0 unspecified atom stereocenters. The molecular weight excluding hydrogens is 272 g/mol. The summed E-state index contributed by atoms with van der Waals surface area (Å²) >= 11 is 0. The minimum absolute atomic E-state index is 0.687. The van der Waals surface area contributed by atoms with E-state index < -0.39 is 0 Å². The maximum Gasteiger partial charge on any atom is 0.110 e. The van der Waals surface area contributed by atoms with Gasteiger partial charge in [-0.3, -0.25) is 4.98 Å². The lowest BCUT2D eigenvalue weighted by molar-refractivity contribution is 0.689. The van der Waals surface area contributed by atoms with Crippen molar-refractivity contribution in [2.45, 2.75) is 32.7 Å². The van der Waals surface area contributed by atoms with E-state index in [1.165, 1.54) is 5.56 Å². The normalized spacial score (nSPS) is 10.7. The van der Waals surface area contributed by atoms with Crippen molar-refractivity contribution in [3.05, 3.63) is 59.7 Å². The third kappa shape index (κ3) is 2.84. The Labute approximate surface area is 130 Å². The Morgan fingerprint density at radius 3 is 2.73 bits per heavy atom. The van der Waals surface area contributed by atoms with Gasteiger partial charge in [-0.2, -0.15) is 5.26 Å². The summed E-state index contributed by atoms with van der Waals surface area (Å²) in [5.74, 6) is 1.11. The van der Waals surface area contributed by atoms with Crippen LogP contribution in [0.5, 0.6) is 0 Å². The molecule has 22 heavy (non-hydrogen) atoms. The number of aromatic nitrogens is 3. The van der Waals surface area contributed by atoms with Crippen LogP contribution in [0.15, 0.2) is 42.7 Å². The highest BCUT2D eigenvalue weighted by molar-refractivity contribution is 5.74. The molecule has 0 aliphatic carbocycles. The second kappa shape index (κ2) is 6.40. The molecule has 3 rings (SSSR count). The molecule has 4 nitrogen and oxygen atoms in total. The molecule has 0 radical (unpaired) electrons. The number of fused-ring (bicyclic) bond motifs is 1. The number of unbranched alkanes of at least 4 members (excludes halogenated alkanes) is 1. The first kappa shape index (κ1) is 14.3. The van der Waals surface area contributed by atoms with Gasteiger partial charge in [0.05, 0.1) is 28.9 Å². The van der Waals surface area contributed by atoms with Gasteiger partial charge in [0.2, 0.25) is 0 Å². The van der Waals surface area contributed by atoms with Gasteiger partial charge in [-0.1, -0.05) is 25.5 Å². The Morgan fingerprint density at radius 2 is 2.00 bits per heavy atom. The average Bonchev–Trinajstić information content (AvgIpc) is 2.91. The summed E-state index contributed by atoms with van der Waals surface area (Å²) in [5.41, 5.74) is 3.92. The topological polar surface area (TPSA) is 54.5 Å². The third-order valence-electron chi connectivity index (χ3n) is 3.81. The van der Waals surface area contributed by atoms with Crippen LogP contribution in [0.3, 0.4) is 0 Å². The van der Waals surface area contributed by atoms with Crippen LogP contribution in [0, 0.1) is 11.3 Å². The van der Waals surface area contributed by atoms with Gasteiger partial charge in [0.15, 0.2) is 0 Å². The zero-order valence-electron chi connectivity index (χ0n) is 12.7. The van der Waals surface area contributed by atoms with Gasteiger partial charge in [0.25, 0.3) is 0 Å². The number of nitrogens with zero attached hydrogens (tertiary/aromatic N) is 4. The van der Waals surface area contributed by atoms with Crippen LogP contribution in [0.2, 0.25) is 0 Å². The number of imidazole rings is 1. The number of rotatable bonds is 5. The zero-order valence-corrected chi connectivity index (χ0v) is 12.7. The first-order valence-electron chi connectivity index (χ1n) is 7.60. The fraction of sp³-hybridized carbons (Fsp3) is 0.278. The zero-order chi connectivity index (χ0) is 15.4. The van der Waals surface area contributed by atoms with Crippen LogP contribution in [0.25, 0.3) is 11.0 Å². The van der Waals surface area contributed by atoms with Gasteiger partial charge in [-0.05, 0) is 30.2 Å². The first-order chi connectivity index (χ1) is 10.8. The number of benzene rings is 1. The summed E-state index contributed by atoms with van der Waals surface area (Å²) in [5, 5.41) is 8.89. The maximum atomic E-state index is 8.89. The van der Waals surface area contributed by atoms with E-state index in [9.17, 15) is 0 Å². The van der Waals surface area contributed by atoms with Crippen molar-refractivity contribution in [3.63, 3.8) is 0 Å². The fourth-order valence-electron chi connectivity index (χ4n) is 2.59. The Morgan fingerprint density at radius 1 is 1.18 bits per heavy atom. The molecular formula is C18H18N4. The van der Waals surface area contributed by atoms with E-state index in [1.54, 1.807) is 6.20 Å².